The number of hydrogen-bond acceptors (Lipinski definition) is 8. The van der Waals surface area contributed by atoms with Crippen molar-refractivity contribution in [3.05, 3.63) is 11.8 Å². The minimum Gasteiger partial charge on any atom is -0.395 e. The molecule has 27 heavy (non-hydrogen) atoms. The third kappa shape index (κ3) is 4.68. The zero-order chi connectivity index (χ0) is 18.5. The second-order valence-electron chi connectivity index (χ2n) is 7.55. The lowest BCUT2D eigenvalue weighted by atomic mass is 10.0. The second-order valence-corrected chi connectivity index (χ2v) is 7.55. The van der Waals surface area contributed by atoms with Gasteiger partial charge in [-0.05, 0) is 19.3 Å². The average molecular weight is 377 g/mol. The van der Waals surface area contributed by atoms with Crippen LogP contribution in [0.3, 0.4) is 0 Å². The number of nitrogens with one attached hydrogen (secondary N) is 1. The fourth-order valence-electron chi connectivity index (χ4n) is 4.24. The number of morpholine rings is 1. The van der Waals surface area contributed by atoms with Crippen molar-refractivity contribution < 1.29 is 14.6 Å². The lowest BCUT2D eigenvalue weighted by Gasteiger charge is -2.40. The van der Waals surface area contributed by atoms with Gasteiger partial charge in [0.05, 0.1) is 32.1 Å². The normalized spacial score (nSPS) is 25.1. The van der Waals surface area contributed by atoms with E-state index in [0.717, 1.165) is 83.4 Å². The molecule has 0 bridgehead atoms. The lowest BCUT2D eigenvalue weighted by Crippen LogP contribution is -2.49. The number of anilines is 2. The fraction of sp³-hybridized carbons (Fsp3) is 0.789. The summed E-state index contributed by atoms with van der Waals surface area (Å²) in [4.78, 5) is 14.4. The standard InChI is InChI=1S/C19H31N5O3/c25-9-4-20-19-21-17(15-3-10-27-14-15)13-18(22-19)24-5-1-16(2-6-24)23-7-11-26-12-8-23/h13,15-16,25H,1-12,14H2,(H,20,21,22)/t15-/m1/s1. The van der Waals surface area contributed by atoms with Gasteiger partial charge in [0.25, 0.3) is 0 Å². The Bertz CT molecular complexity index is 597. The van der Waals surface area contributed by atoms with Crippen LogP contribution < -0.4 is 10.2 Å². The summed E-state index contributed by atoms with van der Waals surface area (Å²) >= 11 is 0. The van der Waals surface area contributed by atoms with Gasteiger partial charge in [-0.25, -0.2) is 4.98 Å². The molecule has 3 saturated heterocycles. The van der Waals surface area contributed by atoms with Crippen molar-refractivity contribution >= 4 is 11.8 Å². The monoisotopic (exact) mass is 377 g/mol. The fourth-order valence-corrected chi connectivity index (χ4v) is 4.24. The SMILES string of the molecule is OCCNc1nc([C@@H]2CCOC2)cc(N2CCC(N3CCOCC3)CC2)n1. The molecule has 3 aliphatic heterocycles. The molecule has 1 aromatic rings. The molecule has 3 fully saturated rings. The first-order valence-corrected chi connectivity index (χ1v) is 10.2. The number of aliphatic hydroxyl groups is 1. The van der Waals surface area contributed by atoms with E-state index in [1.54, 1.807) is 0 Å². The van der Waals surface area contributed by atoms with Crippen LogP contribution in [0.5, 0.6) is 0 Å². The smallest absolute Gasteiger partial charge is 0.224 e. The maximum absolute atomic E-state index is 9.12. The molecule has 1 aromatic heterocycles. The van der Waals surface area contributed by atoms with Gasteiger partial charge in [-0.15, -0.1) is 0 Å². The van der Waals surface area contributed by atoms with Crippen LogP contribution in [-0.4, -0.2) is 91.8 Å². The summed E-state index contributed by atoms with van der Waals surface area (Å²) in [6, 6.07) is 2.79. The Morgan fingerprint density at radius 2 is 1.85 bits per heavy atom. The zero-order valence-corrected chi connectivity index (χ0v) is 16.0. The Kier molecular flexibility index (Phi) is 6.39. The Morgan fingerprint density at radius 3 is 2.56 bits per heavy atom. The van der Waals surface area contributed by atoms with Crippen molar-refractivity contribution in [1.29, 1.82) is 0 Å². The van der Waals surface area contributed by atoms with Crippen LogP contribution in [0.2, 0.25) is 0 Å². The number of hydrogen-bond donors (Lipinski definition) is 2. The van der Waals surface area contributed by atoms with E-state index in [-0.39, 0.29) is 6.61 Å². The van der Waals surface area contributed by atoms with Crippen molar-refractivity contribution in [3.8, 4) is 0 Å². The van der Waals surface area contributed by atoms with E-state index in [9.17, 15) is 0 Å². The summed E-state index contributed by atoms with van der Waals surface area (Å²) in [6.45, 7) is 7.92. The third-order valence-electron chi connectivity index (χ3n) is 5.83. The van der Waals surface area contributed by atoms with Crippen LogP contribution in [0.15, 0.2) is 6.07 Å². The van der Waals surface area contributed by atoms with Gasteiger partial charge in [0.1, 0.15) is 5.82 Å². The van der Waals surface area contributed by atoms with Crippen LogP contribution in [-0.2, 0) is 9.47 Å². The quantitative estimate of drug-likeness (QED) is 0.749. The highest BCUT2D eigenvalue weighted by molar-refractivity contribution is 5.46. The Labute approximate surface area is 160 Å². The van der Waals surface area contributed by atoms with E-state index >= 15 is 0 Å². The molecule has 3 aliphatic rings. The van der Waals surface area contributed by atoms with E-state index in [0.29, 0.717) is 24.5 Å². The molecule has 150 valence electrons. The molecule has 0 radical (unpaired) electrons. The number of rotatable bonds is 6. The molecule has 0 saturated carbocycles. The molecule has 4 heterocycles. The van der Waals surface area contributed by atoms with Gasteiger partial charge in [0.15, 0.2) is 0 Å². The number of piperidine rings is 1. The summed E-state index contributed by atoms with van der Waals surface area (Å²) in [5.41, 5.74) is 1.05. The molecule has 0 spiro atoms. The van der Waals surface area contributed by atoms with Crippen molar-refractivity contribution in [2.75, 3.05) is 76.0 Å². The van der Waals surface area contributed by atoms with Gasteiger partial charge in [-0.1, -0.05) is 0 Å². The van der Waals surface area contributed by atoms with E-state index in [2.05, 4.69) is 26.2 Å². The molecule has 8 heteroatoms. The van der Waals surface area contributed by atoms with Crippen molar-refractivity contribution in [2.45, 2.75) is 31.2 Å². The van der Waals surface area contributed by atoms with Crippen molar-refractivity contribution in [3.63, 3.8) is 0 Å². The summed E-state index contributed by atoms with van der Waals surface area (Å²) in [7, 11) is 0. The van der Waals surface area contributed by atoms with Crippen LogP contribution in [0.1, 0.15) is 30.9 Å². The minimum atomic E-state index is 0.0698. The van der Waals surface area contributed by atoms with Crippen molar-refractivity contribution in [2.24, 2.45) is 0 Å². The van der Waals surface area contributed by atoms with Crippen LogP contribution in [0.25, 0.3) is 0 Å². The highest BCUT2D eigenvalue weighted by Crippen LogP contribution is 2.29. The number of nitrogens with zero attached hydrogens (tertiary/aromatic N) is 4. The molecule has 0 aliphatic carbocycles. The molecule has 4 rings (SSSR count). The van der Waals surface area contributed by atoms with Crippen LogP contribution in [0.4, 0.5) is 11.8 Å². The molecule has 1 atom stereocenters. The lowest BCUT2D eigenvalue weighted by molar-refractivity contribution is 0.0115. The van der Waals surface area contributed by atoms with Crippen LogP contribution >= 0.6 is 0 Å². The summed E-state index contributed by atoms with van der Waals surface area (Å²) in [6.07, 6.45) is 3.32. The predicted octanol–water partition coefficient (Wildman–Crippen LogP) is 0.686. The van der Waals surface area contributed by atoms with E-state index in [1.165, 1.54) is 0 Å². The molecular formula is C19H31N5O3. The first-order valence-electron chi connectivity index (χ1n) is 10.2. The van der Waals surface area contributed by atoms with Gasteiger partial charge < -0.3 is 24.8 Å². The summed E-state index contributed by atoms with van der Waals surface area (Å²) in [5.74, 6) is 1.94. The Hall–Kier alpha value is -1.48. The Balaban J connectivity index is 1.44. The van der Waals surface area contributed by atoms with E-state index in [4.69, 9.17) is 19.6 Å². The molecular weight excluding hydrogens is 346 g/mol. The molecule has 2 N–H and O–H groups in total. The summed E-state index contributed by atoms with van der Waals surface area (Å²) < 4.78 is 11.0. The minimum absolute atomic E-state index is 0.0698. The van der Waals surface area contributed by atoms with E-state index < -0.39 is 0 Å². The average Bonchev–Trinajstić information content (AvgIpc) is 3.28. The maximum atomic E-state index is 9.12. The first kappa shape index (κ1) is 18.9. The number of aliphatic hydroxyl groups excluding tert-OH is 1. The highest BCUT2D eigenvalue weighted by Gasteiger charge is 2.28. The molecule has 0 unspecified atom stereocenters. The van der Waals surface area contributed by atoms with Gasteiger partial charge in [0.2, 0.25) is 5.95 Å². The maximum Gasteiger partial charge on any atom is 0.224 e. The van der Waals surface area contributed by atoms with Crippen molar-refractivity contribution in [1.82, 2.24) is 14.9 Å². The third-order valence-corrected chi connectivity index (χ3v) is 5.83. The number of aromatic nitrogens is 2. The first-order chi connectivity index (χ1) is 13.3. The van der Waals surface area contributed by atoms with Crippen LogP contribution in [0, 0.1) is 0 Å². The molecule has 0 amide bonds. The predicted molar refractivity (Wildman–Crippen MR) is 103 cm³/mol. The summed E-state index contributed by atoms with van der Waals surface area (Å²) in [5, 5.41) is 12.3. The van der Waals surface area contributed by atoms with Gasteiger partial charge >= 0.3 is 0 Å². The second kappa shape index (κ2) is 9.14. The highest BCUT2D eigenvalue weighted by atomic mass is 16.5. The van der Waals surface area contributed by atoms with Gasteiger partial charge in [0, 0.05) is 57.4 Å². The topological polar surface area (TPSA) is 83.0 Å². The Morgan fingerprint density at radius 1 is 1.04 bits per heavy atom. The van der Waals surface area contributed by atoms with E-state index in [1.807, 2.05) is 0 Å². The molecule has 0 aromatic carbocycles. The zero-order valence-electron chi connectivity index (χ0n) is 16.0. The largest absolute Gasteiger partial charge is 0.395 e. The van der Waals surface area contributed by atoms with Gasteiger partial charge in [-0.3, -0.25) is 4.90 Å². The molecule has 8 nitrogen and oxygen atoms in total. The van der Waals surface area contributed by atoms with Gasteiger partial charge in [-0.2, -0.15) is 4.98 Å². The number of ether oxygens (including phenoxy) is 2.